The minimum Gasteiger partial charge on any atom is -0.361 e. The minimum absolute atomic E-state index is 0.150. The summed E-state index contributed by atoms with van der Waals surface area (Å²) < 4.78 is 36.5. The molecule has 0 radical (unpaired) electrons. The number of fused-ring (bicyclic) bond motifs is 1. The van der Waals surface area contributed by atoms with Crippen LogP contribution in [-0.4, -0.2) is 29.2 Å². The van der Waals surface area contributed by atoms with Crippen LogP contribution in [0.5, 0.6) is 0 Å². The topological polar surface area (TPSA) is 39.9 Å². The molecule has 4 rings (SSSR count). The van der Waals surface area contributed by atoms with Crippen LogP contribution < -0.4 is 0 Å². The van der Waals surface area contributed by atoms with Gasteiger partial charge in [0.05, 0.1) is 28.3 Å². The van der Waals surface area contributed by atoms with Gasteiger partial charge in [0.1, 0.15) is 18.4 Å². The van der Waals surface area contributed by atoms with E-state index in [0.29, 0.717) is 18.0 Å². The molecule has 172 valence electrons. The molecular weight excluding hydrogens is 460 g/mol. The smallest absolute Gasteiger partial charge is 0.144 e. The van der Waals surface area contributed by atoms with E-state index in [1.807, 2.05) is 37.4 Å². The van der Waals surface area contributed by atoms with Gasteiger partial charge in [-0.25, -0.2) is 13.8 Å². The standard InChI is InChI=1S/C25H26ClF2N3OSi/c1-16-9-18-10-17(5-6-23(18)29-13-16)24-25(19-11-20(26)22(28)12-21(19)27)31(14-30-24)15-32-7-8-33(2,3)4/h5-6,9-14H,7-8,15H2,1-4H3. The maximum atomic E-state index is 14.9. The molecule has 0 N–H and O–H groups in total. The summed E-state index contributed by atoms with van der Waals surface area (Å²) in [5.41, 5.74) is 3.92. The van der Waals surface area contributed by atoms with Gasteiger partial charge in [0.2, 0.25) is 0 Å². The van der Waals surface area contributed by atoms with E-state index in [2.05, 4.69) is 29.6 Å². The Kier molecular flexibility index (Phi) is 6.65. The first-order chi connectivity index (χ1) is 15.6. The average molecular weight is 486 g/mol. The first-order valence-electron chi connectivity index (χ1n) is 10.8. The maximum absolute atomic E-state index is 14.9. The third-order valence-corrected chi connectivity index (χ3v) is 7.41. The molecule has 0 saturated heterocycles. The van der Waals surface area contributed by atoms with Crippen molar-refractivity contribution in [2.45, 2.75) is 39.3 Å². The number of imidazole rings is 1. The summed E-state index contributed by atoms with van der Waals surface area (Å²) in [6, 6.07) is 10.9. The number of hydrogen-bond acceptors (Lipinski definition) is 3. The van der Waals surface area contributed by atoms with E-state index in [0.717, 1.165) is 34.1 Å². The Balaban J connectivity index is 1.79. The van der Waals surface area contributed by atoms with Gasteiger partial charge in [0.15, 0.2) is 0 Å². The fourth-order valence-corrected chi connectivity index (χ4v) is 4.53. The van der Waals surface area contributed by atoms with E-state index >= 15 is 0 Å². The second-order valence-electron chi connectivity index (χ2n) is 9.43. The average Bonchev–Trinajstić information content (AvgIpc) is 3.16. The molecule has 0 fully saturated rings. The fourth-order valence-electron chi connectivity index (χ4n) is 3.61. The van der Waals surface area contributed by atoms with E-state index in [4.69, 9.17) is 16.3 Å². The number of pyridine rings is 1. The predicted molar refractivity (Wildman–Crippen MR) is 132 cm³/mol. The van der Waals surface area contributed by atoms with Crippen molar-refractivity contribution in [3.63, 3.8) is 0 Å². The Labute approximate surface area is 198 Å². The summed E-state index contributed by atoms with van der Waals surface area (Å²) in [6.45, 7) is 9.63. The first kappa shape index (κ1) is 23.5. The normalized spacial score (nSPS) is 12.0. The van der Waals surface area contributed by atoms with Crippen molar-refractivity contribution in [3.05, 3.63) is 71.1 Å². The molecule has 0 unspecified atom stereocenters. The van der Waals surface area contributed by atoms with Crippen LogP contribution in [0.4, 0.5) is 8.78 Å². The molecule has 0 aliphatic rings. The van der Waals surface area contributed by atoms with Crippen LogP contribution in [0.25, 0.3) is 33.4 Å². The number of hydrogen-bond donors (Lipinski definition) is 0. The van der Waals surface area contributed by atoms with Crippen molar-refractivity contribution in [2.75, 3.05) is 6.61 Å². The van der Waals surface area contributed by atoms with E-state index < -0.39 is 19.7 Å². The fraction of sp³-hybridized carbons (Fsp3) is 0.280. The molecule has 2 aromatic heterocycles. The van der Waals surface area contributed by atoms with Crippen LogP contribution in [0.1, 0.15) is 5.56 Å². The van der Waals surface area contributed by atoms with Crippen LogP contribution in [0, 0.1) is 18.6 Å². The summed E-state index contributed by atoms with van der Waals surface area (Å²) in [5, 5.41) is 0.806. The monoisotopic (exact) mass is 485 g/mol. The first-order valence-corrected chi connectivity index (χ1v) is 14.9. The molecule has 0 saturated carbocycles. The molecule has 0 bridgehead atoms. The molecular formula is C25H26ClF2N3OSi. The van der Waals surface area contributed by atoms with Crippen molar-refractivity contribution in [3.8, 4) is 22.5 Å². The van der Waals surface area contributed by atoms with Crippen LogP contribution in [0.2, 0.25) is 30.7 Å². The lowest BCUT2D eigenvalue weighted by molar-refractivity contribution is 0.0882. The lowest BCUT2D eigenvalue weighted by Gasteiger charge is -2.17. The molecule has 2 aromatic carbocycles. The zero-order valence-corrected chi connectivity index (χ0v) is 20.9. The molecule has 0 aliphatic heterocycles. The molecule has 33 heavy (non-hydrogen) atoms. The Morgan fingerprint density at radius 3 is 2.58 bits per heavy atom. The minimum atomic E-state index is -1.25. The zero-order valence-electron chi connectivity index (χ0n) is 19.1. The van der Waals surface area contributed by atoms with Gasteiger partial charge in [0.25, 0.3) is 0 Å². The molecule has 0 spiro atoms. The van der Waals surface area contributed by atoms with Gasteiger partial charge in [-0.05, 0) is 42.8 Å². The number of rotatable bonds is 7. The second-order valence-corrected chi connectivity index (χ2v) is 15.5. The Morgan fingerprint density at radius 1 is 1.03 bits per heavy atom. The molecule has 0 aliphatic carbocycles. The molecule has 0 amide bonds. The number of aromatic nitrogens is 3. The van der Waals surface area contributed by atoms with Crippen molar-refractivity contribution in [2.24, 2.45) is 0 Å². The van der Waals surface area contributed by atoms with Crippen LogP contribution in [0.15, 0.2) is 48.9 Å². The molecule has 4 nitrogen and oxygen atoms in total. The number of halogens is 3. The largest absolute Gasteiger partial charge is 0.361 e. The van der Waals surface area contributed by atoms with Gasteiger partial charge in [-0.1, -0.05) is 37.3 Å². The van der Waals surface area contributed by atoms with E-state index in [-0.39, 0.29) is 17.3 Å². The van der Waals surface area contributed by atoms with E-state index in [1.165, 1.54) is 6.07 Å². The van der Waals surface area contributed by atoms with E-state index in [9.17, 15) is 8.78 Å². The van der Waals surface area contributed by atoms with Crippen molar-refractivity contribution >= 4 is 30.6 Å². The highest BCUT2D eigenvalue weighted by atomic mass is 35.5. The molecule has 4 aromatic rings. The molecule has 2 heterocycles. The Hall–Kier alpha value is -2.61. The van der Waals surface area contributed by atoms with Gasteiger partial charge in [-0.2, -0.15) is 0 Å². The second kappa shape index (κ2) is 9.33. The van der Waals surface area contributed by atoms with Gasteiger partial charge < -0.3 is 9.30 Å². The van der Waals surface area contributed by atoms with Crippen molar-refractivity contribution in [1.82, 2.24) is 14.5 Å². The summed E-state index contributed by atoms with van der Waals surface area (Å²) in [4.78, 5) is 9.03. The van der Waals surface area contributed by atoms with Gasteiger partial charge in [-0.3, -0.25) is 4.98 Å². The third-order valence-electron chi connectivity index (χ3n) is 5.42. The summed E-state index contributed by atoms with van der Waals surface area (Å²) in [6.07, 6.45) is 3.43. The Bertz CT molecular complexity index is 1320. The zero-order chi connectivity index (χ0) is 23.8. The van der Waals surface area contributed by atoms with Crippen molar-refractivity contribution in [1.29, 1.82) is 0 Å². The number of nitrogens with zero attached hydrogens (tertiary/aromatic N) is 3. The van der Waals surface area contributed by atoms with Gasteiger partial charge in [-0.15, -0.1) is 0 Å². The van der Waals surface area contributed by atoms with Crippen LogP contribution >= 0.6 is 11.6 Å². The van der Waals surface area contributed by atoms with Gasteiger partial charge in [0, 0.05) is 43.5 Å². The lowest BCUT2D eigenvalue weighted by Crippen LogP contribution is -2.22. The number of aryl methyl sites for hydroxylation is 1. The highest BCUT2D eigenvalue weighted by Crippen LogP contribution is 2.36. The van der Waals surface area contributed by atoms with Crippen molar-refractivity contribution < 1.29 is 13.5 Å². The van der Waals surface area contributed by atoms with E-state index in [1.54, 1.807) is 10.9 Å². The molecule has 0 atom stereocenters. The predicted octanol–water partition coefficient (Wildman–Crippen LogP) is 7.32. The Morgan fingerprint density at radius 2 is 1.82 bits per heavy atom. The maximum Gasteiger partial charge on any atom is 0.144 e. The molecule has 8 heteroatoms. The van der Waals surface area contributed by atoms with Crippen LogP contribution in [0.3, 0.4) is 0 Å². The summed E-state index contributed by atoms with van der Waals surface area (Å²) in [7, 11) is -1.25. The number of benzene rings is 2. The summed E-state index contributed by atoms with van der Waals surface area (Å²) in [5.74, 6) is -1.51. The summed E-state index contributed by atoms with van der Waals surface area (Å²) >= 11 is 6.02. The highest BCUT2D eigenvalue weighted by molar-refractivity contribution is 6.76. The lowest BCUT2D eigenvalue weighted by atomic mass is 10.0. The quantitative estimate of drug-likeness (QED) is 0.156. The number of ether oxygens (including phenoxy) is 1. The van der Waals surface area contributed by atoms with Crippen LogP contribution in [-0.2, 0) is 11.5 Å². The van der Waals surface area contributed by atoms with Gasteiger partial charge >= 0.3 is 0 Å². The highest BCUT2D eigenvalue weighted by Gasteiger charge is 2.21. The SMILES string of the molecule is Cc1cnc2ccc(-c3ncn(COCC[Si](C)(C)C)c3-c3cc(Cl)c(F)cc3F)cc2c1. The third kappa shape index (κ3) is 5.32.